The van der Waals surface area contributed by atoms with Gasteiger partial charge in [-0.05, 0) is 18.2 Å². The molecule has 1 aliphatic rings. The van der Waals surface area contributed by atoms with E-state index in [1.165, 1.54) is 17.2 Å². The third kappa shape index (κ3) is 3.52. The summed E-state index contributed by atoms with van der Waals surface area (Å²) in [4.78, 5) is 14.5. The smallest absolute Gasteiger partial charge is 0.333 e. The molecule has 1 amide bonds. The molecule has 33 heavy (non-hydrogen) atoms. The van der Waals surface area contributed by atoms with Crippen molar-refractivity contribution in [1.82, 2.24) is 20.0 Å². The number of rotatable bonds is 5. The van der Waals surface area contributed by atoms with E-state index in [0.717, 1.165) is 12.3 Å². The third-order valence-corrected chi connectivity index (χ3v) is 5.17. The minimum absolute atomic E-state index is 0.000115. The Balaban J connectivity index is 1.53. The largest absolute Gasteiger partial charge is 0.415 e. The fourth-order valence-corrected chi connectivity index (χ4v) is 3.66. The summed E-state index contributed by atoms with van der Waals surface area (Å²) in [5.74, 6) is -2.58. The quantitative estimate of drug-likeness (QED) is 0.381. The summed E-state index contributed by atoms with van der Waals surface area (Å²) in [5, 5.41) is 10.3. The van der Waals surface area contributed by atoms with Gasteiger partial charge in [-0.15, -0.1) is 10.2 Å². The molecule has 0 N–H and O–H groups in total. The first kappa shape index (κ1) is 20.8. The molecule has 0 atom stereocenters. The predicted octanol–water partition coefficient (Wildman–Crippen LogP) is 5.23. The van der Waals surface area contributed by atoms with Crippen LogP contribution in [0.4, 0.5) is 27.6 Å². The van der Waals surface area contributed by atoms with Crippen LogP contribution in [0.5, 0.6) is 0 Å². The molecule has 7 nitrogen and oxygen atoms in total. The molecule has 0 aliphatic carbocycles. The Morgan fingerprint density at radius 3 is 2.48 bits per heavy atom. The van der Waals surface area contributed by atoms with Crippen molar-refractivity contribution in [2.45, 2.75) is 19.5 Å². The van der Waals surface area contributed by atoms with Gasteiger partial charge in [0.15, 0.2) is 0 Å². The minimum atomic E-state index is -2.99. The van der Waals surface area contributed by atoms with Crippen molar-refractivity contribution >= 4 is 11.6 Å². The number of aromatic nitrogens is 4. The lowest BCUT2D eigenvalue weighted by molar-refractivity contribution is 0.0566. The van der Waals surface area contributed by atoms with Gasteiger partial charge in [0.2, 0.25) is 5.89 Å². The Morgan fingerprint density at radius 1 is 1.00 bits per heavy atom. The monoisotopic (exact) mass is 461 g/mol. The Labute approximate surface area is 182 Å². The van der Waals surface area contributed by atoms with Crippen LogP contribution in [-0.4, -0.2) is 25.9 Å². The molecule has 0 fully saturated rings. The van der Waals surface area contributed by atoms with Crippen molar-refractivity contribution in [3.8, 4) is 22.6 Å². The highest BCUT2D eigenvalue weighted by Gasteiger charge is 2.33. The number of halogens is 5. The number of para-hydroxylation sites is 1. The van der Waals surface area contributed by atoms with Crippen molar-refractivity contribution in [2.75, 3.05) is 4.90 Å². The first-order chi connectivity index (χ1) is 15.8. The maximum absolute atomic E-state index is 14.9. The highest BCUT2D eigenvalue weighted by atomic mass is 19.3. The van der Waals surface area contributed by atoms with Crippen LogP contribution >= 0.6 is 0 Å². The summed E-state index contributed by atoms with van der Waals surface area (Å²) < 4.78 is 71.6. The van der Waals surface area contributed by atoms with Gasteiger partial charge in [-0.2, -0.15) is 22.7 Å². The van der Waals surface area contributed by atoms with E-state index in [0.29, 0.717) is 21.5 Å². The zero-order chi connectivity index (χ0) is 23.3. The van der Waals surface area contributed by atoms with Crippen LogP contribution in [0.3, 0.4) is 0 Å². The summed E-state index contributed by atoms with van der Waals surface area (Å²) in [6.07, 6.45) is -0.604. The van der Waals surface area contributed by atoms with E-state index < -0.39 is 30.6 Å². The van der Waals surface area contributed by atoms with E-state index in [-0.39, 0.29) is 29.1 Å². The first-order valence-electron chi connectivity index (χ1n) is 9.51. The summed E-state index contributed by atoms with van der Waals surface area (Å²) in [6, 6.07) is 8.87. The SMILES string of the molecule is O=C1c2cc(-c3nnc(C(F)F)o3)cc(F)c2CN1c1ccccc1-c1cnn(C(F)F)c1. The molecular weight excluding hydrogens is 449 g/mol. The van der Waals surface area contributed by atoms with Gasteiger partial charge >= 0.3 is 13.0 Å². The lowest BCUT2D eigenvalue weighted by Crippen LogP contribution is -2.23. The van der Waals surface area contributed by atoms with Crippen molar-refractivity contribution in [3.63, 3.8) is 0 Å². The fraction of sp³-hybridized carbons (Fsp3) is 0.143. The first-order valence-corrected chi connectivity index (χ1v) is 9.51. The molecule has 168 valence electrons. The van der Waals surface area contributed by atoms with Gasteiger partial charge in [-0.3, -0.25) is 4.79 Å². The van der Waals surface area contributed by atoms with Crippen molar-refractivity contribution in [2.24, 2.45) is 0 Å². The van der Waals surface area contributed by atoms with Gasteiger partial charge in [-0.1, -0.05) is 18.2 Å². The zero-order valence-corrected chi connectivity index (χ0v) is 16.4. The number of hydrogen-bond acceptors (Lipinski definition) is 5. The van der Waals surface area contributed by atoms with Crippen LogP contribution < -0.4 is 4.90 Å². The number of anilines is 1. The van der Waals surface area contributed by atoms with Crippen LogP contribution in [0.1, 0.15) is 34.8 Å². The molecular formula is C21H12F5N5O2. The van der Waals surface area contributed by atoms with Gasteiger partial charge in [0, 0.05) is 34.0 Å². The molecule has 1 aliphatic heterocycles. The van der Waals surface area contributed by atoms with E-state index >= 15 is 0 Å². The van der Waals surface area contributed by atoms with Gasteiger partial charge < -0.3 is 9.32 Å². The Hall–Kier alpha value is -4.09. The Kier molecular flexibility index (Phi) is 4.91. The van der Waals surface area contributed by atoms with Gasteiger partial charge in [0.05, 0.1) is 18.4 Å². The lowest BCUT2D eigenvalue weighted by Gasteiger charge is -2.19. The average Bonchev–Trinajstić information content (AvgIpc) is 3.53. The number of carbonyl (C=O) groups is 1. The summed E-state index contributed by atoms with van der Waals surface area (Å²) in [6.45, 7) is -2.95. The van der Waals surface area contributed by atoms with Gasteiger partial charge in [0.1, 0.15) is 5.82 Å². The molecule has 0 unspecified atom stereocenters. The van der Waals surface area contributed by atoms with Gasteiger partial charge in [-0.25, -0.2) is 9.07 Å². The minimum Gasteiger partial charge on any atom is -0.415 e. The van der Waals surface area contributed by atoms with Crippen LogP contribution in [-0.2, 0) is 6.54 Å². The number of hydrogen-bond donors (Lipinski definition) is 0. The molecule has 0 bridgehead atoms. The second-order valence-corrected chi connectivity index (χ2v) is 7.13. The number of amides is 1. The lowest BCUT2D eigenvalue weighted by atomic mass is 10.1. The second-order valence-electron chi connectivity index (χ2n) is 7.13. The number of benzene rings is 2. The number of alkyl halides is 4. The van der Waals surface area contributed by atoms with E-state index in [1.54, 1.807) is 24.3 Å². The van der Waals surface area contributed by atoms with Crippen LogP contribution in [0.15, 0.2) is 53.2 Å². The molecule has 0 saturated heterocycles. The highest BCUT2D eigenvalue weighted by molar-refractivity contribution is 6.12. The molecule has 0 radical (unpaired) electrons. The predicted molar refractivity (Wildman–Crippen MR) is 104 cm³/mol. The molecule has 4 aromatic rings. The average molecular weight is 461 g/mol. The van der Waals surface area contributed by atoms with Crippen LogP contribution in [0.2, 0.25) is 0 Å². The maximum Gasteiger partial charge on any atom is 0.333 e. The normalized spacial score (nSPS) is 13.4. The molecule has 0 saturated carbocycles. The summed E-state index contributed by atoms with van der Waals surface area (Å²) in [7, 11) is 0. The van der Waals surface area contributed by atoms with Crippen molar-refractivity contribution in [3.05, 3.63) is 71.6 Å². The fourth-order valence-electron chi connectivity index (χ4n) is 3.66. The van der Waals surface area contributed by atoms with Crippen LogP contribution in [0, 0.1) is 5.82 Å². The molecule has 0 spiro atoms. The second kappa shape index (κ2) is 7.80. The Bertz CT molecular complexity index is 1370. The highest BCUT2D eigenvalue weighted by Crippen LogP contribution is 2.38. The molecule has 3 heterocycles. The van der Waals surface area contributed by atoms with E-state index in [1.807, 2.05) is 0 Å². The zero-order valence-electron chi connectivity index (χ0n) is 16.4. The number of fused-ring (bicyclic) bond motifs is 1. The molecule has 2 aromatic heterocycles. The van der Waals surface area contributed by atoms with E-state index in [9.17, 15) is 26.7 Å². The summed E-state index contributed by atoms with van der Waals surface area (Å²) in [5.41, 5.74) is 1.24. The van der Waals surface area contributed by atoms with Crippen LogP contribution in [0.25, 0.3) is 22.6 Å². The summed E-state index contributed by atoms with van der Waals surface area (Å²) >= 11 is 0. The molecule has 12 heteroatoms. The van der Waals surface area contributed by atoms with Crippen molar-refractivity contribution < 1.29 is 31.2 Å². The third-order valence-electron chi connectivity index (χ3n) is 5.17. The maximum atomic E-state index is 14.9. The Morgan fingerprint density at radius 2 is 1.79 bits per heavy atom. The van der Waals surface area contributed by atoms with Crippen molar-refractivity contribution in [1.29, 1.82) is 0 Å². The molecule has 5 rings (SSSR count). The number of carbonyl (C=O) groups excluding carboxylic acids is 1. The van der Waals surface area contributed by atoms with E-state index in [4.69, 9.17) is 4.42 Å². The standard InChI is InChI=1S/C21H12F5N5O2/c22-15-6-10(18-28-29-19(33-18)17(23)24)5-13-14(15)9-30(20(13)32)16-4-2-1-3-12(16)11-7-27-31(8-11)21(25)26/h1-8,17,21H,9H2. The molecule has 2 aromatic carbocycles. The number of nitrogens with zero attached hydrogens (tertiary/aromatic N) is 5. The topological polar surface area (TPSA) is 77.1 Å². The van der Waals surface area contributed by atoms with Gasteiger partial charge in [0.25, 0.3) is 11.8 Å². The van der Waals surface area contributed by atoms with E-state index in [2.05, 4.69) is 15.3 Å².